The summed E-state index contributed by atoms with van der Waals surface area (Å²) in [6, 6.07) is 16.7. The molecule has 8 nitrogen and oxygen atoms in total. The van der Waals surface area contributed by atoms with E-state index in [-0.39, 0.29) is 24.5 Å². The molecule has 0 bridgehead atoms. The van der Waals surface area contributed by atoms with E-state index in [1.54, 1.807) is 0 Å². The minimum absolute atomic E-state index is 0.0132. The summed E-state index contributed by atoms with van der Waals surface area (Å²) in [5, 5.41) is 7.48. The number of aromatic amines is 1. The third kappa shape index (κ3) is 5.51. The molecule has 2 aliphatic heterocycles. The number of rotatable bonds is 6. The number of nitrogens with one attached hydrogen (secondary N) is 1. The minimum atomic E-state index is -0.174. The molecular weight excluding hydrogens is 462 g/mol. The molecule has 2 amide bonds. The summed E-state index contributed by atoms with van der Waals surface area (Å²) in [6.45, 7) is 2.20. The van der Waals surface area contributed by atoms with E-state index in [9.17, 15) is 9.59 Å². The van der Waals surface area contributed by atoms with Gasteiger partial charge < -0.3 is 14.5 Å². The Hall–Kier alpha value is -3.33. The zero-order chi connectivity index (χ0) is 24.0. The van der Waals surface area contributed by atoms with Gasteiger partial charge in [-0.2, -0.15) is 16.9 Å². The van der Waals surface area contributed by atoms with Gasteiger partial charge in [0.15, 0.2) is 12.4 Å². The van der Waals surface area contributed by atoms with Crippen molar-refractivity contribution < 1.29 is 14.3 Å². The number of likely N-dealkylation sites (tertiary alicyclic amines) is 1. The number of benzene rings is 2. The normalized spacial score (nSPS) is 18.3. The number of carbonyl (C=O) groups is 2. The lowest BCUT2D eigenvalue weighted by Crippen LogP contribution is -2.41. The van der Waals surface area contributed by atoms with Gasteiger partial charge in [0.2, 0.25) is 0 Å². The zero-order valence-corrected chi connectivity index (χ0v) is 20.4. The van der Waals surface area contributed by atoms with Crippen LogP contribution in [0.3, 0.4) is 0 Å². The van der Waals surface area contributed by atoms with Gasteiger partial charge in [0, 0.05) is 42.3 Å². The lowest BCUT2D eigenvalue weighted by molar-refractivity contribution is -0.137. The number of para-hydroxylation sites is 1. The number of thioether (sulfide) groups is 1. The highest BCUT2D eigenvalue weighted by atomic mass is 32.2. The number of piperidine rings is 1. The van der Waals surface area contributed by atoms with Crippen molar-refractivity contribution in [3.63, 3.8) is 0 Å². The van der Waals surface area contributed by atoms with Crippen LogP contribution in [0.25, 0.3) is 11.4 Å². The molecule has 1 N–H and O–H groups in total. The summed E-state index contributed by atoms with van der Waals surface area (Å²) in [4.78, 5) is 34.4. The van der Waals surface area contributed by atoms with E-state index in [2.05, 4.69) is 10.2 Å². The summed E-state index contributed by atoms with van der Waals surface area (Å²) in [5.41, 5.74) is 1.43. The molecule has 3 heterocycles. The van der Waals surface area contributed by atoms with E-state index in [0.717, 1.165) is 49.4 Å². The van der Waals surface area contributed by atoms with Crippen LogP contribution in [0.5, 0.6) is 5.75 Å². The maximum absolute atomic E-state index is 13.0. The second-order valence-corrected chi connectivity index (χ2v) is 9.95. The van der Waals surface area contributed by atoms with Crippen LogP contribution in [-0.2, 0) is 4.79 Å². The molecule has 9 heteroatoms. The molecule has 1 atom stereocenters. The summed E-state index contributed by atoms with van der Waals surface area (Å²) in [5.74, 6) is 3.80. The molecule has 35 heavy (non-hydrogen) atoms. The first-order valence-electron chi connectivity index (χ1n) is 12.1. The van der Waals surface area contributed by atoms with Crippen LogP contribution in [0.4, 0.5) is 0 Å². The molecule has 0 saturated carbocycles. The van der Waals surface area contributed by atoms with Gasteiger partial charge in [-0.05, 0) is 43.5 Å². The minimum Gasteiger partial charge on any atom is -0.484 e. The largest absolute Gasteiger partial charge is 0.484 e. The molecule has 2 saturated heterocycles. The highest BCUT2D eigenvalue weighted by Crippen LogP contribution is 2.30. The molecule has 2 aromatic carbocycles. The first kappa shape index (κ1) is 23.4. The molecule has 0 spiro atoms. The van der Waals surface area contributed by atoms with Crippen molar-refractivity contribution in [1.29, 1.82) is 0 Å². The van der Waals surface area contributed by atoms with Gasteiger partial charge >= 0.3 is 0 Å². The Kier molecular flexibility index (Phi) is 7.32. The van der Waals surface area contributed by atoms with Crippen molar-refractivity contribution in [2.24, 2.45) is 0 Å². The van der Waals surface area contributed by atoms with Crippen molar-refractivity contribution in [2.75, 3.05) is 37.7 Å². The molecule has 2 aliphatic rings. The average molecular weight is 492 g/mol. The smallest absolute Gasteiger partial charge is 0.261 e. The van der Waals surface area contributed by atoms with Crippen molar-refractivity contribution in [3.8, 4) is 17.1 Å². The van der Waals surface area contributed by atoms with E-state index in [1.807, 2.05) is 76.2 Å². The second-order valence-electron chi connectivity index (χ2n) is 8.73. The van der Waals surface area contributed by atoms with E-state index in [0.29, 0.717) is 29.5 Å². The van der Waals surface area contributed by atoms with Crippen LogP contribution in [0, 0.1) is 0 Å². The number of H-pyrrole nitrogens is 1. The maximum atomic E-state index is 13.0. The Labute approximate surface area is 209 Å². The number of amides is 2. The fraction of sp³-hybridized carbons (Fsp3) is 0.385. The second kappa shape index (κ2) is 10.9. The number of nitrogens with zero attached hydrogens (tertiary/aromatic N) is 4. The number of hydrogen-bond acceptors (Lipinski definition) is 6. The predicted molar refractivity (Wildman–Crippen MR) is 135 cm³/mol. The van der Waals surface area contributed by atoms with Crippen LogP contribution < -0.4 is 4.74 Å². The first-order chi connectivity index (χ1) is 17.2. The fourth-order valence-electron chi connectivity index (χ4n) is 4.55. The molecule has 3 aromatic rings. The Morgan fingerprint density at radius 2 is 1.86 bits per heavy atom. The zero-order valence-electron chi connectivity index (χ0n) is 19.6. The van der Waals surface area contributed by atoms with Gasteiger partial charge in [-0.1, -0.05) is 30.3 Å². The van der Waals surface area contributed by atoms with Gasteiger partial charge in [-0.3, -0.25) is 14.7 Å². The Morgan fingerprint density at radius 3 is 2.69 bits per heavy atom. The number of hydrogen-bond donors (Lipinski definition) is 1. The summed E-state index contributed by atoms with van der Waals surface area (Å²) >= 11 is 1.88. The maximum Gasteiger partial charge on any atom is 0.261 e. The van der Waals surface area contributed by atoms with Crippen LogP contribution in [0.2, 0.25) is 0 Å². The monoisotopic (exact) mass is 491 g/mol. The van der Waals surface area contributed by atoms with Gasteiger partial charge in [0.25, 0.3) is 11.8 Å². The summed E-state index contributed by atoms with van der Waals surface area (Å²) in [7, 11) is 0. The predicted octanol–water partition coefficient (Wildman–Crippen LogP) is 3.79. The highest BCUT2D eigenvalue weighted by molar-refractivity contribution is 7.99. The Balaban J connectivity index is 1.29. The van der Waals surface area contributed by atoms with Gasteiger partial charge in [0.1, 0.15) is 11.6 Å². The SMILES string of the molecule is O=C(c1cccc(-c2n[nH]c([C@H]3CCCCN3C(=O)COc3ccccc3)n2)c1)N1CCSCC1. The van der Waals surface area contributed by atoms with E-state index in [4.69, 9.17) is 9.72 Å². The fourth-order valence-corrected chi connectivity index (χ4v) is 5.45. The average Bonchev–Trinajstić information content (AvgIpc) is 3.43. The Bertz CT molecular complexity index is 1160. The quantitative estimate of drug-likeness (QED) is 0.564. The van der Waals surface area contributed by atoms with E-state index >= 15 is 0 Å². The Morgan fingerprint density at radius 1 is 1.03 bits per heavy atom. The summed E-state index contributed by atoms with van der Waals surface area (Å²) < 4.78 is 5.69. The van der Waals surface area contributed by atoms with E-state index < -0.39 is 0 Å². The number of ether oxygens (including phenoxy) is 1. The molecule has 0 unspecified atom stereocenters. The van der Waals surface area contributed by atoms with Crippen LogP contribution >= 0.6 is 11.8 Å². The third-order valence-electron chi connectivity index (χ3n) is 6.41. The van der Waals surface area contributed by atoms with Crippen molar-refractivity contribution in [3.05, 3.63) is 66.0 Å². The molecule has 2 fully saturated rings. The van der Waals surface area contributed by atoms with Crippen molar-refractivity contribution >= 4 is 23.6 Å². The third-order valence-corrected chi connectivity index (χ3v) is 7.36. The molecule has 1 aromatic heterocycles. The first-order valence-corrected chi connectivity index (χ1v) is 13.2. The molecular formula is C26H29N5O3S. The standard InChI is InChI=1S/C26H29N5O3S/c32-23(18-34-21-9-2-1-3-10-21)31-12-5-4-11-22(31)25-27-24(28-29-25)19-7-6-8-20(17-19)26(33)30-13-15-35-16-14-30/h1-3,6-10,17,22H,4-5,11-16,18H2,(H,27,28,29)/t22-/m1/s1. The molecule has 182 valence electrons. The van der Waals surface area contributed by atoms with Gasteiger partial charge in [-0.25, -0.2) is 4.98 Å². The molecule has 0 aliphatic carbocycles. The van der Waals surface area contributed by atoms with Gasteiger partial charge in [0.05, 0.1) is 6.04 Å². The molecule has 0 radical (unpaired) electrons. The lowest BCUT2D eigenvalue weighted by atomic mass is 10.0. The number of aromatic nitrogens is 3. The highest BCUT2D eigenvalue weighted by Gasteiger charge is 2.31. The van der Waals surface area contributed by atoms with Crippen LogP contribution in [-0.4, -0.2) is 74.5 Å². The summed E-state index contributed by atoms with van der Waals surface area (Å²) in [6.07, 6.45) is 2.78. The van der Waals surface area contributed by atoms with Crippen LogP contribution in [0.15, 0.2) is 54.6 Å². The van der Waals surface area contributed by atoms with E-state index in [1.165, 1.54) is 0 Å². The molecule has 5 rings (SSSR count). The van der Waals surface area contributed by atoms with Crippen LogP contribution in [0.1, 0.15) is 41.5 Å². The van der Waals surface area contributed by atoms with Crippen molar-refractivity contribution in [1.82, 2.24) is 25.0 Å². The topological polar surface area (TPSA) is 91.4 Å². The number of carbonyl (C=O) groups excluding carboxylic acids is 2. The van der Waals surface area contributed by atoms with Gasteiger partial charge in [-0.15, -0.1) is 0 Å². The van der Waals surface area contributed by atoms with Crippen molar-refractivity contribution in [2.45, 2.75) is 25.3 Å². The lowest BCUT2D eigenvalue weighted by Gasteiger charge is -2.34.